The molecule has 1 aliphatic heterocycles. The lowest BCUT2D eigenvalue weighted by atomic mass is 9.73. The Morgan fingerprint density at radius 2 is 2.07 bits per heavy atom. The first-order valence-corrected chi connectivity index (χ1v) is 10.7. The van der Waals surface area contributed by atoms with E-state index in [1.165, 1.54) is 0 Å². The van der Waals surface area contributed by atoms with Crippen molar-refractivity contribution < 1.29 is 14.4 Å². The minimum atomic E-state index is -0.844. The molecule has 8 heteroatoms. The maximum absolute atomic E-state index is 13.0. The molecule has 0 unspecified atom stereocenters. The van der Waals surface area contributed by atoms with Gasteiger partial charge in [0.15, 0.2) is 0 Å². The van der Waals surface area contributed by atoms with Crippen molar-refractivity contribution in [2.24, 2.45) is 5.92 Å². The summed E-state index contributed by atoms with van der Waals surface area (Å²) in [5.41, 5.74) is 1.63. The van der Waals surface area contributed by atoms with Crippen LogP contribution in [0.3, 0.4) is 0 Å². The van der Waals surface area contributed by atoms with Gasteiger partial charge in [0, 0.05) is 16.6 Å². The molecule has 29 heavy (non-hydrogen) atoms. The number of imide groups is 1. The molecule has 2 atom stereocenters. The largest absolute Gasteiger partial charge is 0.325 e. The highest BCUT2D eigenvalue weighted by Crippen LogP contribution is 2.38. The molecule has 2 N–H and O–H groups in total. The Bertz CT molecular complexity index is 955. The second-order valence-electron chi connectivity index (χ2n) is 7.82. The van der Waals surface area contributed by atoms with Crippen LogP contribution in [0.1, 0.15) is 37.6 Å². The van der Waals surface area contributed by atoms with Crippen LogP contribution in [0.4, 0.5) is 10.5 Å². The van der Waals surface area contributed by atoms with Crippen molar-refractivity contribution in [1.82, 2.24) is 15.2 Å². The van der Waals surface area contributed by atoms with E-state index in [-0.39, 0.29) is 18.4 Å². The van der Waals surface area contributed by atoms with Gasteiger partial charge in [0.25, 0.3) is 5.91 Å². The van der Waals surface area contributed by atoms with E-state index in [0.29, 0.717) is 12.1 Å². The van der Waals surface area contributed by atoms with Crippen LogP contribution in [0.5, 0.6) is 0 Å². The van der Waals surface area contributed by atoms with E-state index in [2.05, 4.69) is 15.6 Å². The Labute approximate surface area is 173 Å². The average molecular weight is 413 g/mol. The number of anilines is 1. The van der Waals surface area contributed by atoms with Gasteiger partial charge in [-0.1, -0.05) is 31.9 Å². The Morgan fingerprint density at radius 3 is 2.72 bits per heavy atom. The minimum absolute atomic E-state index is 0.0719. The van der Waals surface area contributed by atoms with Gasteiger partial charge in [0.2, 0.25) is 5.91 Å². The van der Waals surface area contributed by atoms with E-state index in [1.807, 2.05) is 31.4 Å². The number of rotatable bonds is 4. The minimum Gasteiger partial charge on any atom is -0.325 e. The van der Waals surface area contributed by atoms with E-state index in [0.717, 1.165) is 40.4 Å². The van der Waals surface area contributed by atoms with Gasteiger partial charge in [-0.15, -0.1) is 11.3 Å². The van der Waals surface area contributed by atoms with Gasteiger partial charge in [0.05, 0.1) is 10.7 Å². The lowest BCUT2D eigenvalue weighted by Crippen LogP contribution is -2.54. The smallest absolute Gasteiger partial charge is 0.325 e. The van der Waals surface area contributed by atoms with Gasteiger partial charge in [-0.3, -0.25) is 14.5 Å². The lowest BCUT2D eigenvalue weighted by Gasteiger charge is -2.36. The SMILES string of the molecule is Cc1nc(-c2ccc(NC(=O)CN3C(=O)N[C@]4(CCCC[C@@H]4C)C3=O)cc2)cs1. The first kappa shape index (κ1) is 19.6. The Kier molecular flexibility index (Phi) is 5.12. The fraction of sp³-hybridized carbons (Fsp3) is 0.429. The zero-order valence-corrected chi connectivity index (χ0v) is 17.3. The van der Waals surface area contributed by atoms with Crippen molar-refractivity contribution in [3.05, 3.63) is 34.7 Å². The third kappa shape index (κ3) is 3.64. The van der Waals surface area contributed by atoms with E-state index in [9.17, 15) is 14.4 Å². The second kappa shape index (κ2) is 7.59. The van der Waals surface area contributed by atoms with Gasteiger partial charge >= 0.3 is 6.03 Å². The number of carbonyl (C=O) groups is 3. The second-order valence-corrected chi connectivity index (χ2v) is 8.88. The summed E-state index contributed by atoms with van der Waals surface area (Å²) in [5.74, 6) is -0.604. The molecular formula is C21H24N4O3S. The molecule has 152 valence electrons. The number of hydrogen-bond acceptors (Lipinski definition) is 5. The van der Waals surface area contributed by atoms with E-state index in [4.69, 9.17) is 0 Å². The van der Waals surface area contributed by atoms with Gasteiger partial charge in [-0.25, -0.2) is 9.78 Å². The van der Waals surface area contributed by atoms with Crippen molar-refractivity contribution >= 4 is 34.9 Å². The predicted octanol–water partition coefficient (Wildman–Crippen LogP) is 3.56. The average Bonchev–Trinajstić information content (AvgIpc) is 3.22. The number of carbonyl (C=O) groups excluding carboxylic acids is 3. The molecule has 4 rings (SSSR count). The van der Waals surface area contributed by atoms with E-state index >= 15 is 0 Å². The number of urea groups is 1. The van der Waals surface area contributed by atoms with Crippen molar-refractivity contribution in [3.8, 4) is 11.3 Å². The Hall–Kier alpha value is -2.74. The summed E-state index contributed by atoms with van der Waals surface area (Å²) in [6, 6.07) is 6.87. The molecule has 1 spiro atoms. The monoisotopic (exact) mass is 412 g/mol. The first-order valence-electron chi connectivity index (χ1n) is 9.85. The summed E-state index contributed by atoms with van der Waals surface area (Å²) in [6.45, 7) is 3.66. The van der Waals surface area contributed by atoms with Crippen LogP contribution in [-0.2, 0) is 9.59 Å². The van der Waals surface area contributed by atoms with Crippen LogP contribution in [-0.4, -0.2) is 39.8 Å². The molecule has 2 heterocycles. The molecule has 1 saturated heterocycles. The Balaban J connectivity index is 1.40. The maximum Gasteiger partial charge on any atom is 0.325 e. The summed E-state index contributed by atoms with van der Waals surface area (Å²) >= 11 is 1.59. The first-order chi connectivity index (χ1) is 13.9. The molecular weight excluding hydrogens is 388 g/mol. The number of benzene rings is 1. The third-order valence-electron chi connectivity index (χ3n) is 5.89. The number of amides is 4. The van der Waals surface area contributed by atoms with Gasteiger partial charge < -0.3 is 10.6 Å². The van der Waals surface area contributed by atoms with Crippen LogP contribution in [0.25, 0.3) is 11.3 Å². The summed E-state index contributed by atoms with van der Waals surface area (Å²) in [5, 5.41) is 8.62. The summed E-state index contributed by atoms with van der Waals surface area (Å²) in [4.78, 5) is 43.3. The molecule has 2 fully saturated rings. The lowest BCUT2D eigenvalue weighted by molar-refractivity contribution is -0.136. The molecule has 0 bridgehead atoms. The molecule has 4 amide bonds. The van der Waals surface area contributed by atoms with Crippen molar-refractivity contribution in [2.45, 2.75) is 45.1 Å². The van der Waals surface area contributed by atoms with Gasteiger partial charge in [-0.2, -0.15) is 0 Å². The van der Waals surface area contributed by atoms with E-state index in [1.54, 1.807) is 23.5 Å². The van der Waals surface area contributed by atoms with Crippen molar-refractivity contribution in [3.63, 3.8) is 0 Å². The van der Waals surface area contributed by atoms with Crippen LogP contribution in [0, 0.1) is 12.8 Å². The van der Waals surface area contributed by atoms with Crippen LogP contribution >= 0.6 is 11.3 Å². The molecule has 2 aliphatic rings. The molecule has 1 aromatic heterocycles. The summed E-state index contributed by atoms with van der Waals surface area (Å²) in [6.07, 6.45) is 3.50. The number of nitrogens with zero attached hydrogens (tertiary/aromatic N) is 2. The zero-order chi connectivity index (χ0) is 20.6. The van der Waals surface area contributed by atoms with Crippen molar-refractivity contribution in [2.75, 3.05) is 11.9 Å². The quantitative estimate of drug-likeness (QED) is 0.751. The van der Waals surface area contributed by atoms with E-state index < -0.39 is 17.5 Å². The number of aromatic nitrogens is 1. The highest BCUT2D eigenvalue weighted by atomic mass is 32.1. The summed E-state index contributed by atoms with van der Waals surface area (Å²) < 4.78 is 0. The molecule has 1 saturated carbocycles. The topological polar surface area (TPSA) is 91.4 Å². The molecule has 0 radical (unpaired) electrons. The van der Waals surface area contributed by atoms with Crippen LogP contribution < -0.4 is 10.6 Å². The predicted molar refractivity (Wildman–Crippen MR) is 112 cm³/mol. The fourth-order valence-corrected chi connectivity index (χ4v) is 4.83. The summed E-state index contributed by atoms with van der Waals surface area (Å²) in [7, 11) is 0. The van der Waals surface area contributed by atoms with Gasteiger partial charge in [0.1, 0.15) is 12.1 Å². The Morgan fingerprint density at radius 1 is 1.31 bits per heavy atom. The standard InChI is InChI=1S/C21H24N4O3S/c1-13-5-3-4-10-21(13)19(27)25(20(28)24-21)11-18(26)23-16-8-6-15(7-9-16)17-12-29-14(2)22-17/h6-9,12-13H,3-5,10-11H2,1-2H3,(H,23,26)(H,24,28)/t13-,21-/m0/s1. The molecule has 1 aliphatic carbocycles. The molecule has 1 aromatic carbocycles. The zero-order valence-electron chi connectivity index (χ0n) is 16.5. The number of hydrogen-bond donors (Lipinski definition) is 2. The maximum atomic E-state index is 13.0. The van der Waals surface area contributed by atoms with Crippen LogP contribution in [0.15, 0.2) is 29.6 Å². The number of aryl methyl sites for hydroxylation is 1. The van der Waals surface area contributed by atoms with Crippen LogP contribution in [0.2, 0.25) is 0 Å². The molecule has 7 nitrogen and oxygen atoms in total. The number of thiazole rings is 1. The fourth-order valence-electron chi connectivity index (χ4n) is 4.20. The highest BCUT2D eigenvalue weighted by molar-refractivity contribution is 7.09. The number of nitrogens with one attached hydrogen (secondary N) is 2. The normalized spacial score (nSPS) is 24.1. The third-order valence-corrected chi connectivity index (χ3v) is 6.66. The van der Waals surface area contributed by atoms with Crippen molar-refractivity contribution in [1.29, 1.82) is 0 Å². The molecule has 2 aromatic rings. The highest BCUT2D eigenvalue weighted by Gasteiger charge is 2.55. The van der Waals surface area contributed by atoms with Gasteiger partial charge in [-0.05, 0) is 37.8 Å².